The molecule has 1 fully saturated rings. The zero-order chi connectivity index (χ0) is 20.4. The predicted octanol–water partition coefficient (Wildman–Crippen LogP) is 3.84. The normalized spacial score (nSPS) is 14.0. The molecular weight excluding hydrogens is 379 g/mol. The van der Waals surface area contributed by atoms with Crippen molar-refractivity contribution >= 4 is 34.5 Å². The Morgan fingerprint density at radius 3 is 2.72 bits per heavy atom. The minimum absolute atomic E-state index is 0.0341. The van der Waals surface area contributed by atoms with E-state index in [9.17, 15) is 19.3 Å². The maximum atomic E-state index is 14.3. The van der Waals surface area contributed by atoms with Crippen LogP contribution in [-0.2, 0) is 0 Å². The van der Waals surface area contributed by atoms with E-state index < -0.39 is 10.8 Å². The Morgan fingerprint density at radius 2 is 2.00 bits per heavy atom. The van der Waals surface area contributed by atoms with Crippen molar-refractivity contribution in [2.24, 2.45) is 5.10 Å². The van der Waals surface area contributed by atoms with Crippen LogP contribution in [0.1, 0.15) is 29.0 Å². The third kappa shape index (κ3) is 3.93. The van der Waals surface area contributed by atoms with Crippen molar-refractivity contribution in [3.8, 4) is 0 Å². The predicted molar refractivity (Wildman–Crippen MR) is 106 cm³/mol. The maximum absolute atomic E-state index is 14.3. The molecule has 9 heteroatoms. The molecule has 0 aliphatic carbocycles. The van der Waals surface area contributed by atoms with Gasteiger partial charge < -0.3 is 9.32 Å². The molecule has 0 atom stereocenters. The molecule has 0 spiro atoms. The van der Waals surface area contributed by atoms with Crippen LogP contribution in [0, 0.1) is 15.9 Å². The van der Waals surface area contributed by atoms with Gasteiger partial charge in [-0.25, -0.2) is 9.82 Å². The first-order chi connectivity index (χ1) is 14.0. The van der Waals surface area contributed by atoms with Gasteiger partial charge in [0.2, 0.25) is 0 Å². The Bertz CT molecular complexity index is 1120. The van der Waals surface area contributed by atoms with Gasteiger partial charge in [0, 0.05) is 30.6 Å². The first-order valence-corrected chi connectivity index (χ1v) is 9.07. The van der Waals surface area contributed by atoms with Crippen LogP contribution in [0.15, 0.2) is 52.0 Å². The molecule has 0 bridgehead atoms. The minimum Gasteiger partial charge on any atom is -0.451 e. The topological polar surface area (TPSA) is 101 Å². The summed E-state index contributed by atoms with van der Waals surface area (Å²) in [6.45, 7) is 1.70. The van der Waals surface area contributed by atoms with Gasteiger partial charge in [0.25, 0.3) is 5.69 Å². The van der Waals surface area contributed by atoms with Crippen LogP contribution in [0.5, 0.6) is 0 Å². The largest absolute Gasteiger partial charge is 0.451 e. The second-order valence-electron chi connectivity index (χ2n) is 6.69. The number of benzene rings is 2. The maximum Gasteiger partial charge on any atom is 0.307 e. The fourth-order valence-corrected chi connectivity index (χ4v) is 3.29. The van der Waals surface area contributed by atoms with Crippen LogP contribution < -0.4 is 10.3 Å². The first-order valence-electron chi connectivity index (χ1n) is 9.07. The molecule has 0 saturated carbocycles. The van der Waals surface area contributed by atoms with E-state index in [1.807, 2.05) is 4.90 Å². The van der Waals surface area contributed by atoms with Gasteiger partial charge in [-0.15, -0.1) is 0 Å². The van der Waals surface area contributed by atoms with Gasteiger partial charge >= 0.3 is 5.91 Å². The van der Waals surface area contributed by atoms with Crippen LogP contribution >= 0.6 is 0 Å². The molecule has 8 nitrogen and oxygen atoms in total. The van der Waals surface area contributed by atoms with E-state index in [0.717, 1.165) is 25.9 Å². The minimum atomic E-state index is -0.616. The number of nitrogens with zero attached hydrogens (tertiary/aromatic N) is 3. The molecule has 1 aromatic heterocycles. The van der Waals surface area contributed by atoms with E-state index in [2.05, 4.69) is 10.5 Å². The number of nitro groups is 1. The highest BCUT2D eigenvalue weighted by atomic mass is 19.1. The molecule has 2 heterocycles. The van der Waals surface area contributed by atoms with Crippen molar-refractivity contribution in [3.63, 3.8) is 0 Å². The monoisotopic (exact) mass is 396 g/mol. The van der Waals surface area contributed by atoms with E-state index in [-0.39, 0.29) is 17.3 Å². The first kappa shape index (κ1) is 18.6. The van der Waals surface area contributed by atoms with Gasteiger partial charge in [-0.1, -0.05) is 6.07 Å². The van der Waals surface area contributed by atoms with Gasteiger partial charge in [0.1, 0.15) is 11.4 Å². The van der Waals surface area contributed by atoms with Crippen molar-refractivity contribution in [2.75, 3.05) is 18.0 Å². The molecule has 0 radical (unpaired) electrons. The summed E-state index contributed by atoms with van der Waals surface area (Å²) < 4.78 is 19.7. The molecule has 1 aliphatic rings. The quantitative estimate of drug-likeness (QED) is 0.401. The number of hydrogen-bond acceptors (Lipinski definition) is 6. The number of furan rings is 1. The van der Waals surface area contributed by atoms with Gasteiger partial charge in [0.05, 0.1) is 16.8 Å². The average Bonchev–Trinajstić information content (AvgIpc) is 3.37. The van der Waals surface area contributed by atoms with Crippen molar-refractivity contribution < 1.29 is 18.5 Å². The Hall–Kier alpha value is -3.75. The summed E-state index contributed by atoms with van der Waals surface area (Å²) in [6.07, 6.45) is 3.45. The molecule has 4 rings (SSSR count). The fourth-order valence-electron chi connectivity index (χ4n) is 3.29. The summed E-state index contributed by atoms with van der Waals surface area (Å²) in [7, 11) is 0. The molecule has 1 saturated heterocycles. The number of hydrogen-bond donors (Lipinski definition) is 1. The number of nitro benzene ring substituents is 1. The number of non-ortho nitro benzene ring substituents is 1. The van der Waals surface area contributed by atoms with Crippen LogP contribution in [-0.4, -0.2) is 30.1 Å². The zero-order valence-electron chi connectivity index (χ0n) is 15.3. The molecule has 2 aromatic carbocycles. The average molecular weight is 396 g/mol. The Balaban J connectivity index is 1.43. The highest BCUT2D eigenvalue weighted by Gasteiger charge is 2.16. The number of halogens is 1. The van der Waals surface area contributed by atoms with E-state index >= 15 is 0 Å². The summed E-state index contributed by atoms with van der Waals surface area (Å²) in [6, 6.07) is 10.2. The summed E-state index contributed by atoms with van der Waals surface area (Å²) in [5.74, 6) is -0.983. The van der Waals surface area contributed by atoms with Crippen LogP contribution in [0.3, 0.4) is 0 Å². The second kappa shape index (κ2) is 7.70. The molecule has 0 unspecified atom stereocenters. The third-order valence-electron chi connectivity index (χ3n) is 4.73. The lowest BCUT2D eigenvalue weighted by atomic mass is 10.2. The van der Waals surface area contributed by atoms with Gasteiger partial charge in [-0.05, 0) is 42.7 Å². The van der Waals surface area contributed by atoms with Gasteiger partial charge in [-0.2, -0.15) is 5.10 Å². The van der Waals surface area contributed by atoms with E-state index in [1.165, 1.54) is 36.5 Å². The van der Waals surface area contributed by atoms with Crippen LogP contribution in [0.25, 0.3) is 11.0 Å². The number of rotatable bonds is 5. The lowest BCUT2D eigenvalue weighted by Gasteiger charge is -2.18. The second-order valence-corrected chi connectivity index (χ2v) is 6.69. The summed E-state index contributed by atoms with van der Waals surface area (Å²) in [5.41, 5.74) is 3.64. The van der Waals surface area contributed by atoms with E-state index in [4.69, 9.17) is 4.42 Å². The SMILES string of the molecule is O=C(N/N=C\c1ccc(N2CCCC2)c(F)c1)c1cc2cc([N+](=O)[O-])ccc2o1. The Morgan fingerprint density at radius 1 is 1.21 bits per heavy atom. The van der Waals surface area contributed by atoms with E-state index in [0.29, 0.717) is 22.2 Å². The van der Waals surface area contributed by atoms with Crippen molar-refractivity contribution in [2.45, 2.75) is 12.8 Å². The molecule has 29 heavy (non-hydrogen) atoms. The van der Waals surface area contributed by atoms with Crippen molar-refractivity contribution in [1.29, 1.82) is 0 Å². The van der Waals surface area contributed by atoms with Gasteiger partial charge in [0.15, 0.2) is 5.76 Å². The number of amides is 1. The lowest BCUT2D eigenvalue weighted by Crippen LogP contribution is -2.19. The number of fused-ring (bicyclic) bond motifs is 1. The summed E-state index contributed by atoms with van der Waals surface area (Å²) in [5, 5.41) is 15.1. The highest BCUT2D eigenvalue weighted by Crippen LogP contribution is 2.25. The number of hydrazone groups is 1. The lowest BCUT2D eigenvalue weighted by molar-refractivity contribution is -0.384. The van der Waals surface area contributed by atoms with E-state index in [1.54, 1.807) is 12.1 Å². The summed E-state index contributed by atoms with van der Waals surface area (Å²) >= 11 is 0. The number of nitrogens with one attached hydrogen (secondary N) is 1. The smallest absolute Gasteiger partial charge is 0.307 e. The molecule has 1 amide bonds. The Labute approximate surface area is 164 Å². The molecule has 1 aliphatic heterocycles. The van der Waals surface area contributed by atoms with Crippen molar-refractivity contribution in [1.82, 2.24) is 5.43 Å². The van der Waals surface area contributed by atoms with Gasteiger partial charge in [-0.3, -0.25) is 14.9 Å². The summed E-state index contributed by atoms with van der Waals surface area (Å²) in [4.78, 5) is 24.5. The number of carbonyl (C=O) groups excluding carboxylic acids is 1. The van der Waals surface area contributed by atoms with Crippen LogP contribution in [0.4, 0.5) is 15.8 Å². The highest BCUT2D eigenvalue weighted by molar-refractivity contribution is 5.97. The number of carbonyl (C=O) groups is 1. The third-order valence-corrected chi connectivity index (χ3v) is 4.73. The zero-order valence-corrected chi connectivity index (χ0v) is 15.3. The fraction of sp³-hybridized carbons (Fsp3) is 0.200. The number of anilines is 1. The molecule has 1 N–H and O–H groups in total. The van der Waals surface area contributed by atoms with Crippen molar-refractivity contribution in [3.05, 3.63) is 69.7 Å². The Kier molecular flexibility index (Phi) is 4.94. The molecular formula is C20H17FN4O4. The standard InChI is InChI=1S/C20H17FN4O4/c21-16-9-13(3-5-17(16)24-7-1-2-8-24)12-22-23-20(26)19-11-14-10-15(25(27)28)4-6-18(14)29-19/h3-6,9-12H,1-2,7-8H2,(H,23,26)/b22-12-. The van der Waals surface area contributed by atoms with Crippen LogP contribution in [0.2, 0.25) is 0 Å². The molecule has 148 valence electrons. The molecule has 3 aromatic rings.